The highest BCUT2D eigenvalue weighted by atomic mass is 16.2. The molecule has 1 fully saturated rings. The van der Waals surface area contributed by atoms with Crippen molar-refractivity contribution in [3.05, 3.63) is 35.7 Å². The highest BCUT2D eigenvalue weighted by Gasteiger charge is 2.21. The smallest absolute Gasteiger partial charge is 0.293 e. The maximum atomic E-state index is 11.7. The summed E-state index contributed by atoms with van der Waals surface area (Å²) in [5.41, 5.74) is 1.83. The Bertz CT molecular complexity index is 637. The van der Waals surface area contributed by atoms with Crippen molar-refractivity contribution in [2.75, 3.05) is 11.4 Å². The van der Waals surface area contributed by atoms with Crippen molar-refractivity contribution in [3.63, 3.8) is 0 Å². The predicted octanol–water partition coefficient (Wildman–Crippen LogP) is 0.256. The fourth-order valence-electron chi connectivity index (χ4n) is 2.23. The number of hydrogen-bond donors (Lipinski definition) is 2. The molecule has 8 heteroatoms. The van der Waals surface area contributed by atoms with Gasteiger partial charge in [-0.15, -0.1) is 10.2 Å². The zero-order valence-electron chi connectivity index (χ0n) is 11.2. The number of carbonyl (C=O) groups is 2. The Balaban J connectivity index is 1.60. The molecule has 1 aliphatic heterocycles. The highest BCUT2D eigenvalue weighted by Crippen LogP contribution is 2.21. The van der Waals surface area contributed by atoms with Crippen molar-refractivity contribution in [1.29, 1.82) is 0 Å². The second-order valence-electron chi connectivity index (χ2n) is 4.73. The number of aromatic amines is 1. The first-order valence-electron chi connectivity index (χ1n) is 6.65. The molecule has 1 aromatic carbocycles. The Hall–Kier alpha value is -2.77. The molecule has 1 aromatic heterocycles. The fourth-order valence-corrected chi connectivity index (χ4v) is 2.23. The Morgan fingerprint density at radius 1 is 1.33 bits per heavy atom. The molecule has 0 spiro atoms. The lowest BCUT2D eigenvalue weighted by atomic mass is 10.2. The molecule has 2 amide bonds. The second-order valence-corrected chi connectivity index (χ2v) is 4.73. The summed E-state index contributed by atoms with van der Waals surface area (Å²) in [5.74, 6) is -0.218. The van der Waals surface area contributed by atoms with Crippen molar-refractivity contribution in [1.82, 2.24) is 25.9 Å². The molecular weight excluding hydrogens is 272 g/mol. The van der Waals surface area contributed by atoms with Crippen molar-refractivity contribution >= 4 is 17.5 Å². The third-order valence-electron chi connectivity index (χ3n) is 3.32. The van der Waals surface area contributed by atoms with E-state index in [1.807, 2.05) is 24.3 Å². The van der Waals surface area contributed by atoms with Crippen LogP contribution in [0.25, 0.3) is 0 Å². The second kappa shape index (κ2) is 5.70. The lowest BCUT2D eigenvalue weighted by Crippen LogP contribution is -2.25. The van der Waals surface area contributed by atoms with Gasteiger partial charge in [0.1, 0.15) is 0 Å². The summed E-state index contributed by atoms with van der Waals surface area (Å²) in [4.78, 5) is 25.1. The minimum Gasteiger partial charge on any atom is -0.345 e. The first-order valence-corrected chi connectivity index (χ1v) is 6.65. The summed E-state index contributed by atoms with van der Waals surface area (Å²) in [7, 11) is 0. The van der Waals surface area contributed by atoms with Crippen LogP contribution in [0, 0.1) is 0 Å². The van der Waals surface area contributed by atoms with E-state index in [0.717, 1.165) is 24.2 Å². The van der Waals surface area contributed by atoms with Crippen molar-refractivity contribution < 1.29 is 9.59 Å². The molecule has 0 atom stereocenters. The average molecular weight is 286 g/mol. The number of tetrazole rings is 1. The Morgan fingerprint density at radius 2 is 2.14 bits per heavy atom. The van der Waals surface area contributed by atoms with Gasteiger partial charge in [0.2, 0.25) is 5.91 Å². The van der Waals surface area contributed by atoms with E-state index in [-0.39, 0.29) is 17.6 Å². The van der Waals surface area contributed by atoms with Crippen molar-refractivity contribution in [3.8, 4) is 0 Å². The number of carbonyl (C=O) groups excluding carboxylic acids is 2. The number of nitrogens with zero attached hydrogens (tertiary/aromatic N) is 4. The lowest BCUT2D eigenvalue weighted by Gasteiger charge is -2.15. The van der Waals surface area contributed by atoms with Gasteiger partial charge in [-0.25, -0.2) is 0 Å². The monoisotopic (exact) mass is 286 g/mol. The van der Waals surface area contributed by atoms with Crippen LogP contribution in [-0.4, -0.2) is 39.0 Å². The van der Waals surface area contributed by atoms with Crippen molar-refractivity contribution in [2.24, 2.45) is 0 Å². The number of benzene rings is 1. The van der Waals surface area contributed by atoms with E-state index in [2.05, 4.69) is 25.9 Å². The average Bonchev–Trinajstić information content (AvgIpc) is 3.17. The van der Waals surface area contributed by atoms with Crippen LogP contribution in [0.5, 0.6) is 0 Å². The van der Waals surface area contributed by atoms with Gasteiger partial charge in [-0.2, -0.15) is 5.21 Å². The topological polar surface area (TPSA) is 104 Å². The van der Waals surface area contributed by atoms with E-state index in [0.29, 0.717) is 13.0 Å². The molecule has 0 unspecified atom stereocenters. The molecule has 2 heterocycles. The van der Waals surface area contributed by atoms with Gasteiger partial charge in [0.25, 0.3) is 11.7 Å². The van der Waals surface area contributed by atoms with Crippen LogP contribution in [0.1, 0.15) is 29.0 Å². The number of nitrogens with one attached hydrogen (secondary N) is 2. The van der Waals surface area contributed by atoms with Gasteiger partial charge in [-0.1, -0.05) is 12.1 Å². The molecule has 1 saturated heterocycles. The third-order valence-corrected chi connectivity index (χ3v) is 3.32. The Kier molecular flexibility index (Phi) is 3.59. The zero-order valence-corrected chi connectivity index (χ0v) is 11.2. The van der Waals surface area contributed by atoms with E-state index < -0.39 is 0 Å². The molecule has 0 aliphatic carbocycles. The molecule has 0 radical (unpaired) electrons. The normalized spacial score (nSPS) is 14.5. The summed E-state index contributed by atoms with van der Waals surface area (Å²) >= 11 is 0. The number of H-pyrrole nitrogens is 1. The summed E-state index contributed by atoms with van der Waals surface area (Å²) in [6, 6.07) is 7.55. The highest BCUT2D eigenvalue weighted by molar-refractivity contribution is 5.95. The van der Waals surface area contributed by atoms with Gasteiger partial charge >= 0.3 is 0 Å². The predicted molar refractivity (Wildman–Crippen MR) is 73.4 cm³/mol. The minimum atomic E-state index is -0.387. The van der Waals surface area contributed by atoms with Crippen LogP contribution < -0.4 is 10.2 Å². The SMILES string of the molecule is O=C(NCc1ccc(N2CCCC2=O)cc1)c1nn[nH]n1. The van der Waals surface area contributed by atoms with Gasteiger partial charge in [0.15, 0.2) is 0 Å². The van der Waals surface area contributed by atoms with E-state index in [9.17, 15) is 9.59 Å². The molecule has 21 heavy (non-hydrogen) atoms. The Morgan fingerprint density at radius 3 is 2.76 bits per heavy atom. The van der Waals surface area contributed by atoms with E-state index >= 15 is 0 Å². The first kappa shape index (κ1) is 13.2. The number of aromatic nitrogens is 4. The fraction of sp³-hybridized carbons (Fsp3) is 0.308. The van der Waals surface area contributed by atoms with Crippen LogP contribution in [0.4, 0.5) is 5.69 Å². The molecule has 1 aliphatic rings. The Labute approximate surface area is 120 Å². The van der Waals surface area contributed by atoms with Gasteiger partial charge in [0, 0.05) is 25.2 Å². The van der Waals surface area contributed by atoms with Crippen LogP contribution >= 0.6 is 0 Å². The molecular formula is C13H14N6O2. The van der Waals surface area contributed by atoms with E-state index in [1.165, 1.54) is 0 Å². The molecule has 108 valence electrons. The molecule has 3 rings (SSSR count). The van der Waals surface area contributed by atoms with Gasteiger partial charge in [-0.3, -0.25) is 9.59 Å². The van der Waals surface area contributed by atoms with Gasteiger partial charge in [-0.05, 0) is 29.3 Å². The third kappa shape index (κ3) is 2.88. The first-order chi connectivity index (χ1) is 10.2. The maximum Gasteiger partial charge on any atom is 0.293 e. The number of anilines is 1. The molecule has 8 nitrogen and oxygen atoms in total. The van der Waals surface area contributed by atoms with Gasteiger partial charge < -0.3 is 10.2 Å². The summed E-state index contributed by atoms with van der Waals surface area (Å²) < 4.78 is 0. The molecule has 2 aromatic rings. The van der Waals surface area contributed by atoms with Crippen molar-refractivity contribution in [2.45, 2.75) is 19.4 Å². The van der Waals surface area contributed by atoms with E-state index in [1.54, 1.807) is 4.90 Å². The van der Waals surface area contributed by atoms with Gasteiger partial charge in [0.05, 0.1) is 0 Å². The lowest BCUT2D eigenvalue weighted by molar-refractivity contribution is -0.117. The molecule has 0 saturated carbocycles. The quantitative estimate of drug-likeness (QED) is 0.838. The van der Waals surface area contributed by atoms with Crippen LogP contribution in [0.3, 0.4) is 0 Å². The van der Waals surface area contributed by atoms with Crippen LogP contribution in [0.15, 0.2) is 24.3 Å². The minimum absolute atomic E-state index is 0.00860. The summed E-state index contributed by atoms with van der Waals surface area (Å²) in [5, 5.41) is 15.4. The number of rotatable bonds is 4. The number of hydrogen-bond acceptors (Lipinski definition) is 5. The molecule has 2 N–H and O–H groups in total. The zero-order chi connectivity index (χ0) is 14.7. The van der Waals surface area contributed by atoms with E-state index in [4.69, 9.17) is 0 Å². The van der Waals surface area contributed by atoms with Crippen LogP contribution in [-0.2, 0) is 11.3 Å². The summed E-state index contributed by atoms with van der Waals surface area (Å²) in [6.07, 6.45) is 1.52. The molecule has 0 bridgehead atoms. The van der Waals surface area contributed by atoms with Crippen LogP contribution in [0.2, 0.25) is 0 Å². The largest absolute Gasteiger partial charge is 0.345 e. The standard InChI is InChI=1S/C13H14N6O2/c20-11-2-1-7-19(11)10-5-3-9(4-6-10)8-14-13(21)12-15-17-18-16-12/h3-6H,1-2,7-8H2,(H,14,21)(H,15,16,17,18). The summed E-state index contributed by atoms with van der Waals surface area (Å²) in [6.45, 7) is 1.13. The maximum absolute atomic E-state index is 11.7. The number of amides is 2.